The minimum atomic E-state index is 0. The zero-order chi connectivity index (χ0) is 20.2. The number of halogens is 1. The molecule has 1 aromatic carbocycles. The number of hydrogen-bond donors (Lipinski definition) is 3. The molecule has 0 radical (unpaired) electrons. The van der Waals surface area contributed by atoms with Crippen LogP contribution >= 0.6 is 24.0 Å². The summed E-state index contributed by atoms with van der Waals surface area (Å²) in [6.07, 6.45) is 5.40. The highest BCUT2D eigenvalue weighted by atomic mass is 127. The second kappa shape index (κ2) is 15.0. The van der Waals surface area contributed by atoms with E-state index in [1.165, 1.54) is 11.1 Å². The van der Waals surface area contributed by atoms with Crippen LogP contribution in [0.1, 0.15) is 57.1 Å². The Morgan fingerprint density at radius 1 is 1.21 bits per heavy atom. The Morgan fingerprint density at radius 2 is 1.93 bits per heavy atom. The van der Waals surface area contributed by atoms with Gasteiger partial charge in [0.2, 0.25) is 0 Å². The quantitative estimate of drug-likeness (QED) is 0.251. The van der Waals surface area contributed by atoms with Crippen molar-refractivity contribution in [3.05, 3.63) is 35.4 Å². The Morgan fingerprint density at radius 3 is 2.55 bits per heavy atom. The topological polar surface area (TPSA) is 59.9 Å². The highest BCUT2D eigenvalue weighted by Crippen LogP contribution is 2.16. The first kappa shape index (κ1) is 26.2. The number of aliphatic hydroxyl groups excluding tert-OH is 1. The van der Waals surface area contributed by atoms with Crippen molar-refractivity contribution in [3.8, 4) is 0 Å². The van der Waals surface area contributed by atoms with Gasteiger partial charge in [-0.15, -0.1) is 24.0 Å². The van der Waals surface area contributed by atoms with Crippen LogP contribution in [0.3, 0.4) is 0 Å². The van der Waals surface area contributed by atoms with E-state index in [0.717, 1.165) is 70.8 Å². The van der Waals surface area contributed by atoms with Crippen molar-refractivity contribution in [1.82, 2.24) is 15.5 Å². The molecule has 5 nitrogen and oxygen atoms in total. The zero-order valence-electron chi connectivity index (χ0n) is 18.5. The van der Waals surface area contributed by atoms with Crippen molar-refractivity contribution < 1.29 is 5.11 Å². The predicted molar refractivity (Wildman–Crippen MR) is 134 cm³/mol. The van der Waals surface area contributed by atoms with Gasteiger partial charge in [0.05, 0.1) is 0 Å². The molecule has 1 aromatic rings. The third-order valence-electron chi connectivity index (χ3n) is 5.67. The number of benzene rings is 1. The third-order valence-corrected chi connectivity index (χ3v) is 5.67. The van der Waals surface area contributed by atoms with Crippen LogP contribution in [-0.2, 0) is 6.54 Å². The molecule has 1 fully saturated rings. The van der Waals surface area contributed by atoms with E-state index in [4.69, 9.17) is 4.99 Å². The highest BCUT2D eigenvalue weighted by molar-refractivity contribution is 14.0. The van der Waals surface area contributed by atoms with Gasteiger partial charge in [-0.2, -0.15) is 0 Å². The molecule has 1 atom stereocenters. The van der Waals surface area contributed by atoms with Crippen molar-refractivity contribution in [3.63, 3.8) is 0 Å². The molecule has 166 valence electrons. The largest absolute Gasteiger partial charge is 0.396 e. The second-order valence-corrected chi connectivity index (χ2v) is 8.01. The third kappa shape index (κ3) is 9.66. The van der Waals surface area contributed by atoms with Gasteiger partial charge in [-0.3, -0.25) is 9.89 Å². The summed E-state index contributed by atoms with van der Waals surface area (Å²) in [5.74, 6) is 1.40. The average Bonchev–Trinajstić information content (AvgIpc) is 2.69. The predicted octanol–water partition coefficient (Wildman–Crippen LogP) is 3.93. The first-order valence-electron chi connectivity index (χ1n) is 11.1. The van der Waals surface area contributed by atoms with E-state index >= 15 is 0 Å². The molecular weight excluding hydrogens is 475 g/mol. The van der Waals surface area contributed by atoms with Crippen LogP contribution in [0, 0.1) is 12.8 Å². The molecule has 1 heterocycles. The van der Waals surface area contributed by atoms with Gasteiger partial charge in [0.25, 0.3) is 0 Å². The summed E-state index contributed by atoms with van der Waals surface area (Å²) < 4.78 is 0. The Bertz CT molecular complexity index is 582. The number of rotatable bonds is 10. The molecule has 0 saturated carbocycles. The lowest BCUT2D eigenvalue weighted by Crippen LogP contribution is -2.48. The molecule has 0 aromatic heterocycles. The van der Waals surface area contributed by atoms with Crippen LogP contribution in [0.5, 0.6) is 0 Å². The monoisotopic (exact) mass is 516 g/mol. The smallest absolute Gasteiger partial charge is 0.191 e. The van der Waals surface area contributed by atoms with E-state index in [0.29, 0.717) is 12.0 Å². The first-order chi connectivity index (χ1) is 13.7. The number of nitrogens with zero attached hydrogens (tertiary/aromatic N) is 2. The van der Waals surface area contributed by atoms with Gasteiger partial charge in [0.15, 0.2) is 5.96 Å². The van der Waals surface area contributed by atoms with E-state index in [-0.39, 0.29) is 30.6 Å². The maximum Gasteiger partial charge on any atom is 0.191 e. The van der Waals surface area contributed by atoms with E-state index in [1.54, 1.807) is 0 Å². The van der Waals surface area contributed by atoms with Gasteiger partial charge in [-0.25, -0.2) is 0 Å². The Labute approximate surface area is 194 Å². The van der Waals surface area contributed by atoms with E-state index in [1.807, 2.05) is 0 Å². The molecule has 2 rings (SSSR count). The molecule has 1 aliphatic heterocycles. The molecule has 0 amide bonds. The lowest BCUT2D eigenvalue weighted by Gasteiger charge is -2.33. The summed E-state index contributed by atoms with van der Waals surface area (Å²) >= 11 is 0. The highest BCUT2D eigenvalue weighted by Gasteiger charge is 2.20. The van der Waals surface area contributed by atoms with Gasteiger partial charge in [-0.1, -0.05) is 37.6 Å². The van der Waals surface area contributed by atoms with Crippen LogP contribution < -0.4 is 10.6 Å². The summed E-state index contributed by atoms with van der Waals surface area (Å²) in [6.45, 7) is 11.7. The lowest BCUT2D eigenvalue weighted by molar-refractivity contribution is 0.198. The van der Waals surface area contributed by atoms with E-state index in [9.17, 15) is 5.11 Å². The molecule has 1 aliphatic rings. The molecule has 6 heteroatoms. The maximum atomic E-state index is 9.26. The summed E-state index contributed by atoms with van der Waals surface area (Å²) in [4.78, 5) is 7.37. The standard InChI is InChI=1S/C23H40N4O.HI/c1-4-8-20(13-16-28)17-25-23(24-5-2)26-22-11-14-27(15-12-22)18-21-10-7-6-9-19(21)3;/h6-7,9-10,20,22,28H,4-5,8,11-18H2,1-3H3,(H2,24,25,26);1H. The van der Waals surface area contributed by atoms with Crippen LogP contribution in [0.2, 0.25) is 0 Å². The van der Waals surface area contributed by atoms with Crippen molar-refractivity contribution in [2.45, 2.75) is 65.5 Å². The average molecular weight is 517 g/mol. The Kier molecular flexibility index (Phi) is 13.6. The minimum Gasteiger partial charge on any atom is -0.396 e. The van der Waals surface area contributed by atoms with Crippen LogP contribution in [0.4, 0.5) is 0 Å². The SMILES string of the molecule is CCCC(CCO)CN=C(NCC)NC1CCN(Cc2ccccc2C)CC1.I. The normalized spacial score (nSPS) is 16.9. The molecule has 0 aliphatic carbocycles. The fourth-order valence-electron chi connectivity index (χ4n) is 3.92. The van der Waals surface area contributed by atoms with Gasteiger partial charge < -0.3 is 15.7 Å². The van der Waals surface area contributed by atoms with Gasteiger partial charge >= 0.3 is 0 Å². The number of piperidine rings is 1. The van der Waals surface area contributed by atoms with Crippen molar-refractivity contribution >= 4 is 29.9 Å². The molecular formula is C23H41IN4O. The summed E-state index contributed by atoms with van der Waals surface area (Å²) in [7, 11) is 0. The van der Waals surface area contributed by atoms with Crippen molar-refractivity contribution in [2.75, 3.05) is 32.8 Å². The number of aliphatic imine (C=N–C) groups is 1. The zero-order valence-corrected chi connectivity index (χ0v) is 20.8. The molecule has 1 unspecified atom stereocenters. The number of hydrogen-bond acceptors (Lipinski definition) is 3. The number of aliphatic hydroxyl groups is 1. The van der Waals surface area contributed by atoms with Crippen LogP contribution in [0.15, 0.2) is 29.3 Å². The number of likely N-dealkylation sites (tertiary alicyclic amines) is 1. The van der Waals surface area contributed by atoms with Crippen molar-refractivity contribution in [1.29, 1.82) is 0 Å². The first-order valence-corrected chi connectivity index (χ1v) is 11.1. The van der Waals surface area contributed by atoms with Crippen molar-refractivity contribution in [2.24, 2.45) is 10.9 Å². The molecule has 0 bridgehead atoms. The van der Waals surface area contributed by atoms with Crippen LogP contribution in [-0.4, -0.2) is 54.8 Å². The minimum absolute atomic E-state index is 0. The summed E-state index contributed by atoms with van der Waals surface area (Å²) in [5.41, 5.74) is 2.82. The summed E-state index contributed by atoms with van der Waals surface area (Å²) in [6, 6.07) is 9.18. The van der Waals surface area contributed by atoms with Crippen LogP contribution in [0.25, 0.3) is 0 Å². The second-order valence-electron chi connectivity index (χ2n) is 8.01. The molecule has 0 spiro atoms. The van der Waals surface area contributed by atoms with Gasteiger partial charge in [-0.05, 0) is 56.6 Å². The Balaban J connectivity index is 0.00000420. The Hall–Kier alpha value is -0.860. The summed E-state index contributed by atoms with van der Waals surface area (Å²) in [5, 5.41) is 16.3. The number of guanidine groups is 1. The van der Waals surface area contributed by atoms with Gasteiger partial charge in [0.1, 0.15) is 0 Å². The fraction of sp³-hybridized carbons (Fsp3) is 0.696. The maximum absolute atomic E-state index is 9.26. The lowest BCUT2D eigenvalue weighted by atomic mass is 10.0. The van der Waals surface area contributed by atoms with E-state index in [2.05, 4.69) is 60.6 Å². The number of aryl methyl sites for hydroxylation is 1. The number of nitrogens with one attached hydrogen (secondary N) is 2. The van der Waals surface area contributed by atoms with Gasteiger partial charge in [0, 0.05) is 45.4 Å². The molecule has 29 heavy (non-hydrogen) atoms. The fourth-order valence-corrected chi connectivity index (χ4v) is 3.92. The van der Waals surface area contributed by atoms with E-state index < -0.39 is 0 Å². The molecule has 3 N–H and O–H groups in total. The molecule has 1 saturated heterocycles.